The lowest BCUT2D eigenvalue weighted by Gasteiger charge is -2.16. The summed E-state index contributed by atoms with van der Waals surface area (Å²) in [6, 6.07) is 6.52. The maximum absolute atomic E-state index is 9.53. The maximum atomic E-state index is 9.53. The standard InChI is InChI=1S/C18H20N4O2/c1-3-13(23)7-11(2)21-17-10-18(16(20)9-15(17)19)22-12-5-4-6-14(24)8-12/h3-10,19,21,23-24H,20H2,1-2H3/b11-7+,13-3+,19-15?,22-18-. The van der Waals surface area contributed by atoms with Gasteiger partial charge in [0, 0.05) is 11.8 Å². The third-order valence-electron chi connectivity index (χ3n) is 3.24. The lowest BCUT2D eigenvalue weighted by Crippen LogP contribution is -2.25. The van der Waals surface area contributed by atoms with Crippen LogP contribution in [0.3, 0.4) is 0 Å². The summed E-state index contributed by atoms with van der Waals surface area (Å²) in [5.74, 6) is 0.248. The predicted octanol–water partition coefficient (Wildman–Crippen LogP) is 3.18. The number of phenolic OH excluding ortho intramolecular Hbond substituents is 1. The van der Waals surface area contributed by atoms with Crippen LogP contribution in [0.25, 0.3) is 0 Å². The number of nitrogens with two attached hydrogens (primary N) is 1. The summed E-state index contributed by atoms with van der Waals surface area (Å²) >= 11 is 0. The zero-order valence-corrected chi connectivity index (χ0v) is 13.5. The van der Waals surface area contributed by atoms with E-state index in [-0.39, 0.29) is 17.2 Å². The highest BCUT2D eigenvalue weighted by molar-refractivity contribution is 6.22. The molecule has 0 atom stereocenters. The van der Waals surface area contributed by atoms with Crippen molar-refractivity contribution in [1.82, 2.24) is 5.32 Å². The first-order valence-corrected chi connectivity index (χ1v) is 7.35. The fraction of sp³-hybridized carbons (Fsp3) is 0.111. The van der Waals surface area contributed by atoms with Gasteiger partial charge in [0.15, 0.2) is 0 Å². The number of aliphatic imine (C=N–C) groups is 1. The summed E-state index contributed by atoms with van der Waals surface area (Å²) in [4.78, 5) is 4.40. The van der Waals surface area contributed by atoms with Crippen molar-refractivity contribution < 1.29 is 10.2 Å². The number of nitrogens with one attached hydrogen (secondary N) is 2. The molecule has 0 aliphatic heterocycles. The van der Waals surface area contributed by atoms with Crippen molar-refractivity contribution in [2.45, 2.75) is 13.8 Å². The molecule has 0 radical (unpaired) electrons. The van der Waals surface area contributed by atoms with Crippen molar-refractivity contribution in [3.05, 3.63) is 71.4 Å². The molecule has 0 heterocycles. The van der Waals surface area contributed by atoms with Gasteiger partial charge in [-0.15, -0.1) is 0 Å². The quantitative estimate of drug-likeness (QED) is 0.332. The van der Waals surface area contributed by atoms with Gasteiger partial charge in [0.05, 0.1) is 28.5 Å². The van der Waals surface area contributed by atoms with Gasteiger partial charge < -0.3 is 21.3 Å². The van der Waals surface area contributed by atoms with Crippen LogP contribution in [0.15, 0.2) is 76.4 Å². The van der Waals surface area contributed by atoms with Gasteiger partial charge in [-0.1, -0.05) is 6.07 Å². The Morgan fingerprint density at radius 2 is 2.08 bits per heavy atom. The second-order valence-corrected chi connectivity index (χ2v) is 5.25. The average molecular weight is 324 g/mol. The number of allylic oxidation sites excluding steroid dienone is 5. The van der Waals surface area contributed by atoms with Gasteiger partial charge in [0.1, 0.15) is 11.5 Å². The number of hydrogen-bond acceptors (Lipinski definition) is 6. The van der Waals surface area contributed by atoms with Crippen LogP contribution in [0.4, 0.5) is 5.69 Å². The Labute approximate surface area is 140 Å². The van der Waals surface area contributed by atoms with Crippen LogP contribution >= 0.6 is 0 Å². The molecule has 6 nitrogen and oxygen atoms in total. The minimum Gasteiger partial charge on any atom is -0.508 e. The third-order valence-corrected chi connectivity index (χ3v) is 3.24. The van der Waals surface area contributed by atoms with Crippen molar-refractivity contribution in [2.75, 3.05) is 0 Å². The van der Waals surface area contributed by atoms with Crippen molar-refractivity contribution in [3.63, 3.8) is 0 Å². The van der Waals surface area contributed by atoms with Crippen LogP contribution < -0.4 is 11.1 Å². The highest BCUT2D eigenvalue weighted by atomic mass is 16.3. The van der Waals surface area contributed by atoms with Crippen LogP contribution in [0, 0.1) is 5.41 Å². The Hall–Kier alpha value is -3.28. The Balaban J connectivity index is 2.32. The number of rotatable bonds is 4. The first-order chi connectivity index (χ1) is 11.4. The van der Waals surface area contributed by atoms with Crippen molar-refractivity contribution >= 4 is 17.1 Å². The number of benzene rings is 1. The number of phenols is 1. The largest absolute Gasteiger partial charge is 0.508 e. The van der Waals surface area contributed by atoms with Gasteiger partial charge >= 0.3 is 0 Å². The Morgan fingerprint density at radius 1 is 1.33 bits per heavy atom. The van der Waals surface area contributed by atoms with E-state index in [2.05, 4.69) is 10.3 Å². The molecular weight excluding hydrogens is 304 g/mol. The molecule has 24 heavy (non-hydrogen) atoms. The first kappa shape index (κ1) is 17.1. The Bertz CT molecular complexity index is 814. The van der Waals surface area contributed by atoms with E-state index in [1.165, 1.54) is 12.1 Å². The van der Waals surface area contributed by atoms with Crippen LogP contribution in [-0.4, -0.2) is 21.6 Å². The molecule has 6 heteroatoms. The molecule has 1 aromatic rings. The Morgan fingerprint density at radius 3 is 2.75 bits per heavy atom. The van der Waals surface area contributed by atoms with E-state index in [1.54, 1.807) is 50.3 Å². The fourth-order valence-corrected chi connectivity index (χ4v) is 2.06. The van der Waals surface area contributed by atoms with Gasteiger partial charge in [-0.05, 0) is 50.3 Å². The summed E-state index contributed by atoms with van der Waals surface area (Å²) in [5, 5.41) is 30.1. The van der Waals surface area contributed by atoms with E-state index < -0.39 is 0 Å². The predicted molar refractivity (Wildman–Crippen MR) is 96.6 cm³/mol. The lowest BCUT2D eigenvalue weighted by atomic mass is 10.0. The molecule has 0 spiro atoms. The van der Waals surface area contributed by atoms with Crippen LogP contribution in [0.2, 0.25) is 0 Å². The van der Waals surface area contributed by atoms with Gasteiger partial charge in [-0.3, -0.25) is 5.41 Å². The normalized spacial score (nSPS) is 17.6. The summed E-state index contributed by atoms with van der Waals surface area (Å²) < 4.78 is 0. The molecule has 0 saturated heterocycles. The number of hydrogen-bond donors (Lipinski definition) is 5. The molecule has 1 aromatic carbocycles. The summed E-state index contributed by atoms with van der Waals surface area (Å²) in [5.41, 5.74) is 8.76. The number of aliphatic hydroxyl groups is 1. The van der Waals surface area contributed by atoms with E-state index in [9.17, 15) is 10.2 Å². The highest BCUT2D eigenvalue weighted by Crippen LogP contribution is 2.21. The molecule has 0 amide bonds. The topological polar surface area (TPSA) is 115 Å². The molecule has 6 N–H and O–H groups in total. The molecule has 1 aliphatic rings. The van der Waals surface area contributed by atoms with Crippen LogP contribution in [-0.2, 0) is 0 Å². The van der Waals surface area contributed by atoms with Gasteiger partial charge in [0.25, 0.3) is 0 Å². The van der Waals surface area contributed by atoms with E-state index in [0.717, 1.165) is 0 Å². The zero-order chi connectivity index (χ0) is 17.7. The summed E-state index contributed by atoms with van der Waals surface area (Å²) in [6.45, 7) is 3.51. The van der Waals surface area contributed by atoms with E-state index in [0.29, 0.717) is 28.5 Å². The van der Waals surface area contributed by atoms with Crippen LogP contribution in [0.1, 0.15) is 13.8 Å². The molecule has 2 rings (SSSR count). The van der Waals surface area contributed by atoms with Gasteiger partial charge in [0.2, 0.25) is 0 Å². The summed E-state index contributed by atoms with van der Waals surface area (Å²) in [7, 11) is 0. The van der Waals surface area contributed by atoms with E-state index in [4.69, 9.17) is 11.1 Å². The number of aromatic hydroxyl groups is 1. The Kier molecular flexibility index (Phi) is 5.21. The third kappa shape index (κ3) is 4.36. The zero-order valence-electron chi connectivity index (χ0n) is 13.5. The molecule has 0 unspecified atom stereocenters. The van der Waals surface area contributed by atoms with E-state index >= 15 is 0 Å². The fourth-order valence-electron chi connectivity index (χ4n) is 2.06. The molecule has 0 aromatic heterocycles. The second kappa shape index (κ2) is 7.32. The van der Waals surface area contributed by atoms with Gasteiger partial charge in [-0.2, -0.15) is 0 Å². The molecule has 0 bridgehead atoms. The van der Waals surface area contributed by atoms with Crippen molar-refractivity contribution in [2.24, 2.45) is 10.7 Å². The highest BCUT2D eigenvalue weighted by Gasteiger charge is 2.14. The molecule has 0 fully saturated rings. The van der Waals surface area contributed by atoms with Crippen LogP contribution in [0.5, 0.6) is 5.75 Å². The monoisotopic (exact) mass is 324 g/mol. The van der Waals surface area contributed by atoms with E-state index in [1.807, 2.05) is 0 Å². The molecule has 0 saturated carbocycles. The number of aliphatic hydroxyl groups excluding tert-OH is 1. The van der Waals surface area contributed by atoms with Crippen molar-refractivity contribution in [1.29, 1.82) is 5.41 Å². The second-order valence-electron chi connectivity index (χ2n) is 5.25. The number of nitrogens with zero attached hydrogens (tertiary/aromatic N) is 1. The minimum absolute atomic E-state index is 0.117. The lowest BCUT2D eigenvalue weighted by molar-refractivity contribution is 0.430. The summed E-state index contributed by atoms with van der Waals surface area (Å²) in [6.07, 6.45) is 6.29. The smallest absolute Gasteiger partial charge is 0.117 e. The minimum atomic E-state index is 0.117. The molecule has 1 aliphatic carbocycles. The SMILES string of the molecule is C/C=C(O)\C=C(/C)NC1=C/C(=N/c2cccc(O)c2)C(N)=CC1=N. The first-order valence-electron chi connectivity index (χ1n) is 7.35. The maximum Gasteiger partial charge on any atom is 0.117 e. The van der Waals surface area contributed by atoms with Crippen molar-refractivity contribution in [3.8, 4) is 5.75 Å². The molecular formula is C18H20N4O2. The average Bonchev–Trinajstić information content (AvgIpc) is 2.51. The molecule has 124 valence electrons. The van der Waals surface area contributed by atoms with Gasteiger partial charge in [-0.25, -0.2) is 4.99 Å².